The van der Waals surface area contributed by atoms with Crippen LogP contribution in [0.15, 0.2) is 56.2 Å². The van der Waals surface area contributed by atoms with Gasteiger partial charge in [0.2, 0.25) is 0 Å². The molecule has 0 unspecified atom stereocenters. The molecule has 0 spiro atoms. The van der Waals surface area contributed by atoms with Crippen LogP contribution in [0.3, 0.4) is 0 Å². The summed E-state index contributed by atoms with van der Waals surface area (Å²) in [6.07, 6.45) is 4.38. The molecule has 17 heavy (non-hydrogen) atoms. The molecule has 0 radical (unpaired) electrons. The highest BCUT2D eigenvalue weighted by molar-refractivity contribution is 6.03. The SMILES string of the molecule is O=C(c1ccco1)c1ncc(-c2ccco2)o1. The zero-order chi connectivity index (χ0) is 11.7. The predicted octanol–water partition coefficient (Wildman–Crippen LogP) is 2.76. The molecule has 0 aliphatic heterocycles. The highest BCUT2D eigenvalue weighted by Crippen LogP contribution is 2.21. The monoisotopic (exact) mass is 229 g/mol. The first-order chi connectivity index (χ1) is 8.34. The van der Waals surface area contributed by atoms with Crippen LogP contribution in [0.4, 0.5) is 0 Å². The molecule has 5 heteroatoms. The molecule has 0 fully saturated rings. The minimum Gasteiger partial charge on any atom is -0.461 e. The number of hydrogen-bond donors (Lipinski definition) is 0. The van der Waals surface area contributed by atoms with Gasteiger partial charge in [-0.3, -0.25) is 4.79 Å². The van der Waals surface area contributed by atoms with Crippen LogP contribution in [0.5, 0.6) is 0 Å². The standard InChI is InChI=1S/C12H7NO4/c14-11(9-4-2-6-16-9)12-13-7-10(17-12)8-3-1-5-15-8/h1-7H. The molecule has 0 aromatic carbocycles. The number of hydrogen-bond acceptors (Lipinski definition) is 5. The predicted molar refractivity (Wildman–Crippen MR) is 56.3 cm³/mol. The molecule has 84 valence electrons. The Kier molecular flexibility index (Phi) is 2.15. The maximum atomic E-state index is 11.8. The molecular formula is C12H7NO4. The van der Waals surface area contributed by atoms with E-state index in [9.17, 15) is 4.79 Å². The highest BCUT2D eigenvalue weighted by atomic mass is 16.4. The molecule has 5 nitrogen and oxygen atoms in total. The first-order valence-corrected chi connectivity index (χ1v) is 4.92. The van der Waals surface area contributed by atoms with Crippen molar-refractivity contribution in [2.24, 2.45) is 0 Å². The minimum atomic E-state index is -0.396. The molecule has 0 amide bonds. The molecule has 0 aliphatic rings. The Morgan fingerprint density at radius 2 is 1.88 bits per heavy atom. The number of rotatable bonds is 3. The van der Waals surface area contributed by atoms with E-state index in [2.05, 4.69) is 4.98 Å². The van der Waals surface area contributed by atoms with Crippen LogP contribution in [0.25, 0.3) is 11.5 Å². The highest BCUT2D eigenvalue weighted by Gasteiger charge is 2.19. The van der Waals surface area contributed by atoms with E-state index in [0.29, 0.717) is 11.5 Å². The quantitative estimate of drug-likeness (QED) is 0.646. The largest absolute Gasteiger partial charge is 0.461 e. The molecule has 3 aromatic rings. The Morgan fingerprint density at radius 1 is 1.06 bits per heavy atom. The third-order valence-corrected chi connectivity index (χ3v) is 2.21. The summed E-state index contributed by atoms with van der Waals surface area (Å²) in [6.45, 7) is 0. The van der Waals surface area contributed by atoms with Gasteiger partial charge in [0.05, 0.1) is 18.7 Å². The van der Waals surface area contributed by atoms with Gasteiger partial charge in [-0.25, -0.2) is 4.98 Å². The van der Waals surface area contributed by atoms with Crippen molar-refractivity contribution in [2.45, 2.75) is 0 Å². The van der Waals surface area contributed by atoms with Crippen molar-refractivity contribution in [1.82, 2.24) is 4.98 Å². The second-order valence-electron chi connectivity index (χ2n) is 3.31. The van der Waals surface area contributed by atoms with Crippen molar-refractivity contribution in [3.8, 4) is 11.5 Å². The summed E-state index contributed by atoms with van der Waals surface area (Å²) >= 11 is 0. The van der Waals surface area contributed by atoms with Gasteiger partial charge in [-0.2, -0.15) is 0 Å². The number of aromatic nitrogens is 1. The lowest BCUT2D eigenvalue weighted by Gasteiger charge is -1.90. The second-order valence-corrected chi connectivity index (χ2v) is 3.31. The number of ketones is 1. The number of furan rings is 2. The lowest BCUT2D eigenvalue weighted by atomic mass is 10.3. The number of carbonyl (C=O) groups is 1. The summed E-state index contributed by atoms with van der Waals surface area (Å²) < 4.78 is 15.4. The summed E-state index contributed by atoms with van der Waals surface area (Å²) in [6, 6.07) is 6.64. The summed E-state index contributed by atoms with van der Waals surface area (Å²) in [5.74, 6) is 0.706. The van der Waals surface area contributed by atoms with Crippen molar-refractivity contribution in [1.29, 1.82) is 0 Å². The van der Waals surface area contributed by atoms with E-state index in [0.717, 1.165) is 0 Å². The zero-order valence-corrected chi connectivity index (χ0v) is 8.62. The van der Waals surface area contributed by atoms with Gasteiger partial charge in [0.15, 0.2) is 17.3 Å². The first kappa shape index (κ1) is 9.65. The van der Waals surface area contributed by atoms with Gasteiger partial charge in [-0.15, -0.1) is 0 Å². The zero-order valence-electron chi connectivity index (χ0n) is 8.62. The fraction of sp³-hybridized carbons (Fsp3) is 0. The minimum absolute atomic E-state index is 0.0219. The normalized spacial score (nSPS) is 10.6. The summed E-state index contributed by atoms with van der Waals surface area (Å²) in [4.78, 5) is 15.7. The van der Waals surface area contributed by atoms with Crippen molar-refractivity contribution in [2.75, 3.05) is 0 Å². The third-order valence-electron chi connectivity index (χ3n) is 2.21. The Morgan fingerprint density at radius 3 is 2.59 bits per heavy atom. The van der Waals surface area contributed by atoms with Crippen molar-refractivity contribution in [3.05, 3.63) is 54.6 Å². The molecule has 3 aromatic heterocycles. The first-order valence-electron chi connectivity index (χ1n) is 4.92. The van der Waals surface area contributed by atoms with Gasteiger partial charge < -0.3 is 13.3 Å². The van der Waals surface area contributed by atoms with Crippen molar-refractivity contribution >= 4 is 5.78 Å². The van der Waals surface area contributed by atoms with E-state index in [1.807, 2.05) is 0 Å². The molecule has 0 bridgehead atoms. The number of nitrogens with zero attached hydrogens (tertiary/aromatic N) is 1. The molecular weight excluding hydrogens is 222 g/mol. The van der Waals surface area contributed by atoms with Crippen molar-refractivity contribution in [3.63, 3.8) is 0 Å². The Labute approximate surface area is 95.7 Å². The molecule has 0 atom stereocenters. The molecule has 0 saturated heterocycles. The number of oxazole rings is 1. The second kappa shape index (κ2) is 3.79. The Bertz CT molecular complexity index is 619. The average Bonchev–Trinajstić information content (AvgIpc) is 3.09. The number of carbonyl (C=O) groups excluding carboxylic acids is 1. The van der Waals surface area contributed by atoms with E-state index in [1.54, 1.807) is 24.3 Å². The fourth-order valence-corrected chi connectivity index (χ4v) is 1.42. The van der Waals surface area contributed by atoms with Gasteiger partial charge in [0, 0.05) is 0 Å². The van der Waals surface area contributed by atoms with E-state index in [-0.39, 0.29) is 11.7 Å². The summed E-state index contributed by atoms with van der Waals surface area (Å²) in [5.41, 5.74) is 0. The van der Waals surface area contributed by atoms with Crippen LogP contribution in [0.1, 0.15) is 16.4 Å². The topological polar surface area (TPSA) is 69.4 Å². The van der Waals surface area contributed by atoms with Crippen LogP contribution in [-0.2, 0) is 0 Å². The molecule has 3 rings (SSSR count). The fourth-order valence-electron chi connectivity index (χ4n) is 1.42. The van der Waals surface area contributed by atoms with Crippen LogP contribution in [0, 0.1) is 0 Å². The van der Waals surface area contributed by atoms with Crippen LogP contribution >= 0.6 is 0 Å². The Hall–Kier alpha value is -2.56. The van der Waals surface area contributed by atoms with Crippen molar-refractivity contribution < 1.29 is 18.0 Å². The van der Waals surface area contributed by atoms with Crippen LogP contribution in [-0.4, -0.2) is 10.8 Å². The molecule has 0 N–H and O–H groups in total. The van der Waals surface area contributed by atoms with Gasteiger partial charge in [0.25, 0.3) is 11.7 Å². The van der Waals surface area contributed by atoms with Gasteiger partial charge in [-0.1, -0.05) is 0 Å². The maximum Gasteiger partial charge on any atom is 0.283 e. The van der Waals surface area contributed by atoms with E-state index in [1.165, 1.54) is 18.7 Å². The lowest BCUT2D eigenvalue weighted by molar-refractivity contribution is 0.0977. The van der Waals surface area contributed by atoms with Gasteiger partial charge in [-0.05, 0) is 24.3 Å². The average molecular weight is 229 g/mol. The molecule has 0 saturated carbocycles. The summed E-state index contributed by atoms with van der Waals surface area (Å²) in [5, 5.41) is 0. The van der Waals surface area contributed by atoms with E-state index in [4.69, 9.17) is 13.3 Å². The van der Waals surface area contributed by atoms with Gasteiger partial charge >= 0.3 is 0 Å². The van der Waals surface area contributed by atoms with Crippen LogP contribution in [0.2, 0.25) is 0 Å². The summed E-state index contributed by atoms with van der Waals surface area (Å²) in [7, 11) is 0. The smallest absolute Gasteiger partial charge is 0.283 e. The lowest BCUT2D eigenvalue weighted by Crippen LogP contribution is -1.98. The van der Waals surface area contributed by atoms with E-state index >= 15 is 0 Å². The Balaban J connectivity index is 1.93. The molecule has 0 aliphatic carbocycles. The maximum absolute atomic E-state index is 11.8. The van der Waals surface area contributed by atoms with Gasteiger partial charge in [0.1, 0.15) is 0 Å². The van der Waals surface area contributed by atoms with Crippen LogP contribution < -0.4 is 0 Å². The van der Waals surface area contributed by atoms with E-state index < -0.39 is 5.78 Å². The third kappa shape index (κ3) is 1.67. The molecule has 3 heterocycles.